The maximum atomic E-state index is 12.6. The fourth-order valence-corrected chi connectivity index (χ4v) is 4.94. The normalized spacial score (nSPS) is 28.2. The summed E-state index contributed by atoms with van der Waals surface area (Å²) in [5.41, 5.74) is 8.06. The molecule has 1 aromatic heterocycles. The average Bonchev–Trinajstić information content (AvgIpc) is 3.22. The van der Waals surface area contributed by atoms with Gasteiger partial charge in [-0.1, -0.05) is 11.6 Å². The van der Waals surface area contributed by atoms with Crippen LogP contribution in [0, 0.1) is 12.8 Å². The highest BCUT2D eigenvalue weighted by Gasteiger charge is 2.34. The number of carbonyl (C=O) groups is 1. The Balaban J connectivity index is 1.26. The van der Waals surface area contributed by atoms with Crippen molar-refractivity contribution in [2.24, 2.45) is 5.92 Å². The molecule has 3 aliphatic rings. The van der Waals surface area contributed by atoms with Crippen LogP contribution in [0.25, 0.3) is 0 Å². The SMILES string of the molecule is Cc1ncc(Cl)cc1C(=O)NC1CCC(CN2NC3=C(CCC3)C2C)CC1. The summed E-state index contributed by atoms with van der Waals surface area (Å²) in [6, 6.07) is 2.50. The van der Waals surface area contributed by atoms with Crippen molar-refractivity contribution >= 4 is 17.5 Å². The smallest absolute Gasteiger partial charge is 0.253 e. The average molecular weight is 389 g/mol. The molecule has 1 atom stereocenters. The van der Waals surface area contributed by atoms with Crippen LogP contribution in [-0.4, -0.2) is 34.5 Å². The maximum absolute atomic E-state index is 12.6. The van der Waals surface area contributed by atoms with Crippen molar-refractivity contribution in [2.45, 2.75) is 70.9 Å². The largest absolute Gasteiger partial charge is 0.349 e. The molecule has 1 amide bonds. The second kappa shape index (κ2) is 7.80. The predicted molar refractivity (Wildman–Crippen MR) is 107 cm³/mol. The lowest BCUT2D eigenvalue weighted by Crippen LogP contribution is -2.44. The number of allylic oxidation sites excluding steroid dienone is 1. The number of halogens is 1. The van der Waals surface area contributed by atoms with Gasteiger partial charge in [-0.05, 0) is 76.4 Å². The van der Waals surface area contributed by atoms with Crippen LogP contribution in [0.2, 0.25) is 5.02 Å². The summed E-state index contributed by atoms with van der Waals surface area (Å²) in [6.07, 6.45) is 9.76. The molecule has 146 valence electrons. The molecule has 1 unspecified atom stereocenters. The summed E-state index contributed by atoms with van der Waals surface area (Å²) >= 11 is 5.99. The predicted octanol–water partition coefficient (Wildman–Crippen LogP) is 3.98. The minimum absolute atomic E-state index is 0.0543. The molecule has 6 heteroatoms. The van der Waals surface area contributed by atoms with E-state index < -0.39 is 0 Å². The molecule has 2 heterocycles. The fourth-order valence-electron chi connectivity index (χ4n) is 4.79. The van der Waals surface area contributed by atoms with E-state index in [-0.39, 0.29) is 11.9 Å². The van der Waals surface area contributed by atoms with Gasteiger partial charge < -0.3 is 10.7 Å². The lowest BCUT2D eigenvalue weighted by atomic mass is 9.85. The Kier molecular flexibility index (Phi) is 5.42. The number of aromatic nitrogens is 1. The first-order valence-electron chi connectivity index (χ1n) is 10.2. The van der Waals surface area contributed by atoms with Crippen molar-refractivity contribution in [2.75, 3.05) is 6.54 Å². The van der Waals surface area contributed by atoms with Crippen molar-refractivity contribution in [1.29, 1.82) is 0 Å². The topological polar surface area (TPSA) is 57.3 Å². The van der Waals surface area contributed by atoms with Gasteiger partial charge >= 0.3 is 0 Å². The third kappa shape index (κ3) is 3.99. The Bertz CT molecular complexity index is 755. The molecule has 0 saturated heterocycles. The summed E-state index contributed by atoms with van der Waals surface area (Å²) < 4.78 is 0. The van der Waals surface area contributed by atoms with E-state index in [9.17, 15) is 4.79 Å². The number of nitrogens with zero attached hydrogens (tertiary/aromatic N) is 2. The van der Waals surface area contributed by atoms with Gasteiger partial charge in [-0.15, -0.1) is 0 Å². The number of nitrogens with one attached hydrogen (secondary N) is 2. The number of aryl methyl sites for hydroxylation is 1. The van der Waals surface area contributed by atoms with Crippen LogP contribution in [0.5, 0.6) is 0 Å². The van der Waals surface area contributed by atoms with Crippen LogP contribution in [0.15, 0.2) is 23.5 Å². The number of rotatable bonds is 4. The minimum atomic E-state index is -0.0543. The number of pyridine rings is 1. The van der Waals surface area contributed by atoms with E-state index in [0.29, 0.717) is 22.5 Å². The van der Waals surface area contributed by atoms with Crippen molar-refractivity contribution in [3.05, 3.63) is 39.8 Å². The summed E-state index contributed by atoms with van der Waals surface area (Å²) in [5.74, 6) is 0.643. The van der Waals surface area contributed by atoms with Crippen molar-refractivity contribution in [1.82, 2.24) is 20.7 Å². The van der Waals surface area contributed by atoms with Gasteiger partial charge in [-0.3, -0.25) is 9.78 Å². The van der Waals surface area contributed by atoms with E-state index in [4.69, 9.17) is 11.6 Å². The van der Waals surface area contributed by atoms with Crippen LogP contribution in [0.3, 0.4) is 0 Å². The van der Waals surface area contributed by atoms with Crippen LogP contribution in [0.4, 0.5) is 0 Å². The third-order valence-electron chi connectivity index (χ3n) is 6.45. The van der Waals surface area contributed by atoms with Crippen molar-refractivity contribution < 1.29 is 4.79 Å². The lowest BCUT2D eigenvalue weighted by Gasteiger charge is -2.34. The first-order chi connectivity index (χ1) is 13.0. The molecular weight excluding hydrogens is 360 g/mol. The molecule has 1 aromatic rings. The quantitative estimate of drug-likeness (QED) is 0.819. The van der Waals surface area contributed by atoms with E-state index >= 15 is 0 Å². The van der Waals surface area contributed by atoms with E-state index in [1.54, 1.807) is 17.8 Å². The maximum Gasteiger partial charge on any atom is 0.253 e. The lowest BCUT2D eigenvalue weighted by molar-refractivity contribution is 0.0907. The number of hydrazine groups is 1. The minimum Gasteiger partial charge on any atom is -0.349 e. The number of hydrogen-bond acceptors (Lipinski definition) is 4. The van der Waals surface area contributed by atoms with Gasteiger partial charge in [-0.2, -0.15) is 0 Å². The molecule has 1 fully saturated rings. The molecule has 0 bridgehead atoms. The van der Waals surface area contributed by atoms with Crippen LogP contribution in [0.1, 0.15) is 67.9 Å². The van der Waals surface area contributed by atoms with Crippen molar-refractivity contribution in [3.63, 3.8) is 0 Å². The van der Waals surface area contributed by atoms with Gasteiger partial charge in [-0.25, -0.2) is 5.01 Å². The molecule has 4 rings (SSSR count). The molecule has 0 aromatic carbocycles. The van der Waals surface area contributed by atoms with E-state index in [1.807, 2.05) is 6.92 Å². The summed E-state index contributed by atoms with van der Waals surface area (Å²) in [7, 11) is 0. The Morgan fingerprint density at radius 3 is 2.85 bits per heavy atom. The van der Waals surface area contributed by atoms with Gasteiger partial charge in [0.2, 0.25) is 0 Å². The summed E-state index contributed by atoms with van der Waals surface area (Å²) in [6.45, 7) is 5.28. The van der Waals surface area contributed by atoms with Crippen LogP contribution in [-0.2, 0) is 0 Å². The Hall–Kier alpha value is -1.59. The van der Waals surface area contributed by atoms with E-state index in [2.05, 4.69) is 27.7 Å². The zero-order valence-corrected chi connectivity index (χ0v) is 17.0. The zero-order chi connectivity index (χ0) is 19.0. The zero-order valence-electron chi connectivity index (χ0n) is 16.2. The van der Waals surface area contributed by atoms with Crippen LogP contribution >= 0.6 is 11.6 Å². The fraction of sp³-hybridized carbons (Fsp3) is 0.619. The molecule has 0 spiro atoms. The first-order valence-corrected chi connectivity index (χ1v) is 10.6. The molecule has 27 heavy (non-hydrogen) atoms. The highest BCUT2D eigenvalue weighted by molar-refractivity contribution is 6.30. The Morgan fingerprint density at radius 1 is 1.33 bits per heavy atom. The Labute approximate surface area is 166 Å². The molecule has 1 aliphatic heterocycles. The van der Waals surface area contributed by atoms with Gasteiger partial charge in [0.25, 0.3) is 5.91 Å². The molecule has 2 aliphatic carbocycles. The van der Waals surface area contributed by atoms with Gasteiger partial charge in [0, 0.05) is 30.5 Å². The third-order valence-corrected chi connectivity index (χ3v) is 6.65. The van der Waals surface area contributed by atoms with Gasteiger partial charge in [0.05, 0.1) is 16.3 Å². The van der Waals surface area contributed by atoms with Crippen molar-refractivity contribution in [3.8, 4) is 0 Å². The number of carbonyl (C=O) groups excluding carboxylic acids is 1. The summed E-state index contributed by atoms with van der Waals surface area (Å²) in [4.78, 5) is 16.8. The molecular formula is C21H29ClN4O. The van der Waals surface area contributed by atoms with Gasteiger partial charge in [0.15, 0.2) is 0 Å². The molecule has 0 radical (unpaired) electrons. The highest BCUT2D eigenvalue weighted by Crippen LogP contribution is 2.35. The summed E-state index contributed by atoms with van der Waals surface area (Å²) in [5, 5.41) is 6.12. The van der Waals surface area contributed by atoms with Crippen LogP contribution < -0.4 is 10.7 Å². The molecule has 5 nitrogen and oxygen atoms in total. The van der Waals surface area contributed by atoms with Gasteiger partial charge in [0.1, 0.15) is 0 Å². The molecule has 2 N–H and O–H groups in total. The standard InChI is InChI=1S/C21H29ClN4O/c1-13-19(10-16(22)11-23-13)21(27)24-17-8-6-15(7-9-17)12-26-14(2)18-4-3-5-20(18)25-26/h10-11,14-15,17,25H,3-9,12H2,1-2H3,(H,24,27). The highest BCUT2D eigenvalue weighted by atomic mass is 35.5. The second-order valence-corrected chi connectivity index (χ2v) is 8.71. The Morgan fingerprint density at radius 2 is 2.11 bits per heavy atom. The first kappa shape index (κ1) is 18.8. The number of hydrogen-bond donors (Lipinski definition) is 2. The molecule has 1 saturated carbocycles. The number of amides is 1. The van der Waals surface area contributed by atoms with E-state index in [0.717, 1.165) is 37.9 Å². The van der Waals surface area contributed by atoms with E-state index in [1.165, 1.54) is 25.0 Å². The monoisotopic (exact) mass is 388 g/mol. The second-order valence-electron chi connectivity index (χ2n) is 8.28.